The molecule has 0 saturated carbocycles. The van der Waals surface area contributed by atoms with Crippen molar-refractivity contribution >= 4 is 33.6 Å². The molecule has 8 nitrogen and oxygen atoms in total. The molecule has 0 bridgehead atoms. The van der Waals surface area contributed by atoms with E-state index in [4.69, 9.17) is 15.2 Å². The summed E-state index contributed by atoms with van der Waals surface area (Å²) in [6.07, 6.45) is -5.10. The van der Waals surface area contributed by atoms with Crippen molar-refractivity contribution in [3.8, 4) is 11.8 Å². The van der Waals surface area contributed by atoms with E-state index in [0.29, 0.717) is 10.0 Å². The van der Waals surface area contributed by atoms with E-state index in [9.17, 15) is 28.0 Å². The van der Waals surface area contributed by atoms with E-state index in [2.05, 4.69) is 20.7 Å². The Morgan fingerprint density at radius 1 is 1.09 bits per heavy atom. The van der Waals surface area contributed by atoms with Gasteiger partial charge >= 0.3 is 18.3 Å². The Labute approximate surface area is 206 Å². The van der Waals surface area contributed by atoms with Crippen molar-refractivity contribution < 1.29 is 37.0 Å². The van der Waals surface area contributed by atoms with Crippen LogP contribution in [0.3, 0.4) is 0 Å². The van der Waals surface area contributed by atoms with Gasteiger partial charge in [0.15, 0.2) is 5.75 Å². The number of hydrogen-bond donors (Lipinski definition) is 1. The van der Waals surface area contributed by atoms with Gasteiger partial charge in [-0.1, -0.05) is 46.3 Å². The molecule has 35 heavy (non-hydrogen) atoms. The van der Waals surface area contributed by atoms with Crippen LogP contribution in [0.1, 0.15) is 11.5 Å². The Morgan fingerprint density at radius 2 is 1.71 bits per heavy atom. The minimum absolute atomic E-state index is 0.206. The molecule has 1 heterocycles. The first-order valence-electron chi connectivity index (χ1n) is 9.75. The normalized spacial score (nSPS) is 16.0. The molecule has 0 spiro atoms. The number of rotatable bonds is 5. The second-order valence-electron chi connectivity index (χ2n) is 7.00. The van der Waals surface area contributed by atoms with Gasteiger partial charge in [-0.05, 0) is 23.8 Å². The predicted molar refractivity (Wildman–Crippen MR) is 120 cm³/mol. The van der Waals surface area contributed by atoms with E-state index >= 15 is 0 Å². The minimum Gasteiger partial charge on any atom is -0.466 e. The van der Waals surface area contributed by atoms with E-state index in [1.165, 1.54) is 12.1 Å². The third-order valence-corrected chi connectivity index (χ3v) is 5.49. The molecular weight excluding hydrogens is 535 g/mol. The number of halogens is 4. The average molecular weight is 552 g/mol. The second kappa shape index (κ2) is 10.1. The first-order valence-corrected chi connectivity index (χ1v) is 10.5. The highest BCUT2D eigenvalue weighted by atomic mass is 79.9. The molecule has 3 rings (SSSR count). The molecule has 1 aliphatic heterocycles. The van der Waals surface area contributed by atoms with Crippen molar-refractivity contribution in [3.63, 3.8) is 0 Å². The topological polar surface area (TPSA) is 115 Å². The van der Waals surface area contributed by atoms with Crippen LogP contribution in [-0.2, 0) is 19.1 Å². The van der Waals surface area contributed by atoms with Crippen LogP contribution in [0.15, 0.2) is 75.7 Å². The SMILES string of the molecule is COC(=O)C1=C(C(=O)OC)N(c2cc(Br)ccc2OC(F)(F)F)C(N)=C(C#N)C1c1ccccc1. The first-order chi connectivity index (χ1) is 16.5. The van der Waals surface area contributed by atoms with Gasteiger partial charge in [-0.15, -0.1) is 13.2 Å². The molecule has 1 aliphatic rings. The van der Waals surface area contributed by atoms with Crippen molar-refractivity contribution in [2.24, 2.45) is 5.73 Å². The number of carbonyl (C=O) groups excluding carboxylic acids is 2. The Morgan fingerprint density at radius 3 is 2.26 bits per heavy atom. The van der Waals surface area contributed by atoms with Gasteiger partial charge < -0.3 is 19.9 Å². The van der Waals surface area contributed by atoms with Crippen LogP contribution in [0.2, 0.25) is 0 Å². The summed E-state index contributed by atoms with van der Waals surface area (Å²) in [4.78, 5) is 26.8. The standard InChI is InChI=1S/C23H17BrF3N3O5/c1-33-21(31)18-17(12-6-4-3-5-7-12)14(11-28)20(29)30(19(18)22(32)34-2)15-10-13(24)8-9-16(15)35-23(25,26)27/h3-10,17H,29H2,1-2H3. The summed E-state index contributed by atoms with van der Waals surface area (Å²) in [5.41, 5.74) is 5.24. The fraction of sp³-hybridized carbons (Fsp3) is 0.174. The molecule has 12 heteroatoms. The molecule has 2 aromatic carbocycles. The van der Waals surface area contributed by atoms with Crippen LogP contribution in [0.4, 0.5) is 18.9 Å². The lowest BCUT2D eigenvalue weighted by Crippen LogP contribution is -2.41. The van der Waals surface area contributed by atoms with Crippen LogP contribution in [-0.4, -0.2) is 32.5 Å². The number of nitriles is 1. The zero-order valence-electron chi connectivity index (χ0n) is 18.2. The minimum atomic E-state index is -5.10. The number of alkyl halides is 3. The average Bonchev–Trinajstić information content (AvgIpc) is 2.83. The van der Waals surface area contributed by atoms with Gasteiger partial charge in [0.25, 0.3) is 0 Å². The number of methoxy groups -OCH3 is 2. The van der Waals surface area contributed by atoms with Gasteiger partial charge in [0.05, 0.1) is 43.0 Å². The molecule has 0 aromatic heterocycles. The lowest BCUT2D eigenvalue weighted by atomic mass is 9.81. The fourth-order valence-corrected chi connectivity index (χ4v) is 3.99. The molecule has 1 unspecified atom stereocenters. The van der Waals surface area contributed by atoms with Crippen molar-refractivity contribution in [3.05, 3.63) is 81.2 Å². The van der Waals surface area contributed by atoms with E-state index in [0.717, 1.165) is 25.2 Å². The van der Waals surface area contributed by atoms with Crippen LogP contribution in [0.5, 0.6) is 5.75 Å². The summed E-state index contributed by atoms with van der Waals surface area (Å²) in [6, 6.07) is 13.5. The number of allylic oxidation sites excluding steroid dienone is 1. The number of nitrogens with zero attached hydrogens (tertiary/aromatic N) is 2. The summed E-state index contributed by atoms with van der Waals surface area (Å²) in [6.45, 7) is 0. The summed E-state index contributed by atoms with van der Waals surface area (Å²) in [5, 5.41) is 10.00. The maximum atomic E-state index is 13.2. The summed E-state index contributed by atoms with van der Waals surface area (Å²) < 4.78 is 53.7. The zero-order chi connectivity index (χ0) is 25.9. The number of anilines is 1. The Balaban J connectivity index is 2.45. The lowest BCUT2D eigenvalue weighted by Gasteiger charge is -2.36. The number of carbonyl (C=O) groups is 2. The van der Waals surface area contributed by atoms with Gasteiger partial charge in [-0.3, -0.25) is 4.90 Å². The van der Waals surface area contributed by atoms with Gasteiger partial charge in [0, 0.05) is 4.47 Å². The van der Waals surface area contributed by atoms with Crippen molar-refractivity contribution in [1.82, 2.24) is 0 Å². The molecule has 1 atom stereocenters. The number of benzene rings is 2. The van der Waals surface area contributed by atoms with Crippen LogP contribution in [0, 0.1) is 11.3 Å². The molecule has 0 amide bonds. The number of nitrogens with two attached hydrogens (primary N) is 1. The van der Waals surface area contributed by atoms with E-state index in [1.54, 1.807) is 30.3 Å². The molecule has 0 radical (unpaired) electrons. The van der Waals surface area contributed by atoms with Crippen molar-refractivity contribution in [2.75, 3.05) is 19.1 Å². The maximum absolute atomic E-state index is 13.2. The third-order valence-electron chi connectivity index (χ3n) is 5.00. The van der Waals surface area contributed by atoms with Crippen LogP contribution in [0.25, 0.3) is 0 Å². The van der Waals surface area contributed by atoms with Gasteiger partial charge in [0.1, 0.15) is 11.5 Å². The van der Waals surface area contributed by atoms with Gasteiger partial charge in [-0.25, -0.2) is 9.59 Å². The molecule has 0 fully saturated rings. The molecule has 182 valence electrons. The molecular formula is C23H17BrF3N3O5. The highest BCUT2D eigenvalue weighted by Crippen LogP contribution is 2.46. The zero-order valence-corrected chi connectivity index (χ0v) is 19.8. The van der Waals surface area contributed by atoms with Gasteiger partial charge in [0.2, 0.25) is 0 Å². The first kappa shape index (κ1) is 25.6. The highest BCUT2D eigenvalue weighted by Gasteiger charge is 2.44. The lowest BCUT2D eigenvalue weighted by molar-refractivity contribution is -0.274. The third kappa shape index (κ3) is 5.09. The summed E-state index contributed by atoms with van der Waals surface area (Å²) >= 11 is 3.17. The smallest absolute Gasteiger partial charge is 0.466 e. The summed E-state index contributed by atoms with van der Waals surface area (Å²) in [7, 11) is 2.08. The number of hydrogen-bond acceptors (Lipinski definition) is 8. The van der Waals surface area contributed by atoms with Crippen molar-refractivity contribution in [1.29, 1.82) is 5.26 Å². The summed E-state index contributed by atoms with van der Waals surface area (Å²) in [5.74, 6) is -4.44. The monoisotopic (exact) mass is 551 g/mol. The molecule has 0 saturated heterocycles. The van der Waals surface area contributed by atoms with E-state index in [-0.39, 0.29) is 16.8 Å². The maximum Gasteiger partial charge on any atom is 0.573 e. The molecule has 2 aromatic rings. The fourth-order valence-electron chi connectivity index (χ4n) is 3.64. The number of ether oxygens (including phenoxy) is 3. The number of esters is 2. The Hall–Kier alpha value is -3.98. The van der Waals surface area contributed by atoms with Gasteiger partial charge in [-0.2, -0.15) is 5.26 Å². The Bertz CT molecular complexity index is 1270. The van der Waals surface area contributed by atoms with E-state index < -0.39 is 41.5 Å². The van der Waals surface area contributed by atoms with Crippen molar-refractivity contribution in [2.45, 2.75) is 12.3 Å². The van der Waals surface area contributed by atoms with E-state index in [1.807, 2.05) is 6.07 Å². The van der Waals surface area contributed by atoms with Crippen LogP contribution >= 0.6 is 15.9 Å². The predicted octanol–water partition coefficient (Wildman–Crippen LogP) is 4.25. The second-order valence-corrected chi connectivity index (χ2v) is 7.91. The van der Waals surface area contributed by atoms with Crippen LogP contribution < -0.4 is 15.4 Å². The largest absolute Gasteiger partial charge is 0.573 e. The molecule has 0 aliphatic carbocycles. The Kier molecular flexibility index (Phi) is 7.40. The highest BCUT2D eigenvalue weighted by molar-refractivity contribution is 9.10. The quantitative estimate of drug-likeness (QED) is 0.548. The molecule has 2 N–H and O–H groups in total.